The minimum Gasteiger partial charge on any atom is -0.481 e. The van der Waals surface area contributed by atoms with Crippen LogP contribution in [0.25, 0.3) is 0 Å². The number of aryl methyl sites for hydroxylation is 1. The third-order valence-electron chi connectivity index (χ3n) is 5.02. The molecule has 25 heavy (non-hydrogen) atoms. The van der Waals surface area contributed by atoms with Crippen LogP contribution in [0, 0.1) is 12.8 Å². The van der Waals surface area contributed by atoms with Gasteiger partial charge in [-0.05, 0) is 12.5 Å². The summed E-state index contributed by atoms with van der Waals surface area (Å²) in [4.78, 5) is 27.2. The molecular weight excluding hydrogens is 322 g/mol. The van der Waals surface area contributed by atoms with Crippen LogP contribution in [0.5, 0.6) is 0 Å². The van der Waals surface area contributed by atoms with E-state index in [0.717, 1.165) is 44.2 Å². The molecule has 0 aliphatic carbocycles. The van der Waals surface area contributed by atoms with Gasteiger partial charge in [-0.3, -0.25) is 14.6 Å². The molecule has 3 heterocycles. The maximum absolute atomic E-state index is 11.6. The highest BCUT2D eigenvalue weighted by atomic mass is 16.5. The van der Waals surface area contributed by atoms with E-state index in [4.69, 9.17) is 4.74 Å². The van der Waals surface area contributed by atoms with E-state index in [0.29, 0.717) is 19.7 Å². The molecular formula is C17H27N5O3. The number of methoxy groups -OCH3 is 1. The van der Waals surface area contributed by atoms with Gasteiger partial charge in [0.25, 0.3) is 0 Å². The smallest absolute Gasteiger partial charge is 0.309 e. The van der Waals surface area contributed by atoms with Crippen molar-refractivity contribution in [1.82, 2.24) is 19.8 Å². The number of piperazine rings is 1. The molecule has 2 saturated heterocycles. The Bertz CT molecular complexity index is 582. The molecule has 3 rings (SSSR count). The van der Waals surface area contributed by atoms with Crippen molar-refractivity contribution < 1.29 is 14.6 Å². The van der Waals surface area contributed by atoms with Crippen LogP contribution in [0.2, 0.25) is 0 Å². The lowest BCUT2D eigenvalue weighted by Crippen LogP contribution is -2.56. The zero-order chi connectivity index (χ0) is 17.8. The van der Waals surface area contributed by atoms with Crippen LogP contribution in [-0.4, -0.2) is 96.4 Å². The van der Waals surface area contributed by atoms with Crippen molar-refractivity contribution in [1.29, 1.82) is 0 Å². The van der Waals surface area contributed by atoms with Crippen molar-refractivity contribution >= 4 is 11.9 Å². The number of hydrogen-bond donors (Lipinski definition) is 1. The number of nitrogens with zero attached hydrogens (tertiary/aromatic N) is 5. The number of aliphatic carboxylic acids is 1. The maximum atomic E-state index is 11.6. The zero-order valence-corrected chi connectivity index (χ0v) is 15.0. The zero-order valence-electron chi connectivity index (χ0n) is 15.0. The first-order valence-electron chi connectivity index (χ1n) is 8.78. The third kappa shape index (κ3) is 4.45. The normalized spacial score (nSPS) is 25.4. The fraction of sp³-hybridized carbons (Fsp3) is 0.706. The summed E-state index contributed by atoms with van der Waals surface area (Å²) in [6.07, 6.45) is 3.68. The average Bonchev–Trinajstić information content (AvgIpc) is 2.79. The molecule has 2 aliphatic heterocycles. The van der Waals surface area contributed by atoms with Gasteiger partial charge in [0.1, 0.15) is 0 Å². The molecule has 1 aromatic rings. The number of ether oxygens (including phenoxy) is 1. The van der Waals surface area contributed by atoms with E-state index in [-0.39, 0.29) is 12.0 Å². The highest BCUT2D eigenvalue weighted by molar-refractivity contribution is 5.70. The van der Waals surface area contributed by atoms with Crippen LogP contribution in [0.4, 0.5) is 5.95 Å². The van der Waals surface area contributed by atoms with Crippen LogP contribution in [0.3, 0.4) is 0 Å². The van der Waals surface area contributed by atoms with Crippen molar-refractivity contribution in [2.45, 2.75) is 13.0 Å². The first-order chi connectivity index (χ1) is 12.1. The molecule has 0 radical (unpaired) electrons. The second kappa shape index (κ2) is 8.07. The van der Waals surface area contributed by atoms with Crippen molar-refractivity contribution in [3.8, 4) is 0 Å². The molecule has 138 valence electrons. The molecule has 8 nitrogen and oxygen atoms in total. The fourth-order valence-electron chi connectivity index (χ4n) is 3.62. The molecule has 0 bridgehead atoms. The monoisotopic (exact) mass is 349 g/mol. The summed E-state index contributed by atoms with van der Waals surface area (Å²) in [5, 5.41) is 9.54. The van der Waals surface area contributed by atoms with Gasteiger partial charge in [-0.25, -0.2) is 9.97 Å². The molecule has 2 atom stereocenters. The van der Waals surface area contributed by atoms with Gasteiger partial charge in [-0.15, -0.1) is 0 Å². The number of aromatic nitrogens is 2. The minimum absolute atomic E-state index is 0.278. The van der Waals surface area contributed by atoms with E-state index in [1.54, 1.807) is 7.11 Å². The number of carboxylic acid groups (broad SMARTS) is 1. The summed E-state index contributed by atoms with van der Waals surface area (Å²) in [6.45, 7) is 7.85. The highest BCUT2D eigenvalue weighted by Crippen LogP contribution is 2.21. The Morgan fingerprint density at radius 3 is 2.68 bits per heavy atom. The largest absolute Gasteiger partial charge is 0.481 e. The molecule has 8 heteroatoms. The van der Waals surface area contributed by atoms with E-state index in [1.165, 1.54) is 0 Å². The minimum atomic E-state index is -0.715. The van der Waals surface area contributed by atoms with Gasteiger partial charge in [0.2, 0.25) is 5.95 Å². The second-order valence-electron chi connectivity index (χ2n) is 6.94. The number of hydrogen-bond acceptors (Lipinski definition) is 7. The SMILES string of the molecule is COCCN1CC(C(=O)O)CN2CCN(c3ncc(C)cn3)CC2C1. The summed E-state index contributed by atoms with van der Waals surface area (Å²) in [5.74, 6) is -0.316. The Labute approximate surface area is 148 Å². The number of anilines is 1. The Balaban J connectivity index is 1.72. The molecule has 2 unspecified atom stereocenters. The molecule has 1 aromatic heterocycles. The number of rotatable bonds is 5. The number of fused-ring (bicyclic) bond motifs is 1. The van der Waals surface area contributed by atoms with Crippen LogP contribution in [0.15, 0.2) is 12.4 Å². The molecule has 0 spiro atoms. The summed E-state index contributed by atoms with van der Waals surface area (Å²) in [6, 6.07) is 0.278. The lowest BCUT2D eigenvalue weighted by atomic mass is 10.1. The molecule has 2 fully saturated rings. The van der Waals surface area contributed by atoms with Crippen LogP contribution >= 0.6 is 0 Å². The standard InChI is InChI=1S/C17H27N5O3/c1-13-7-18-17(19-8-13)22-4-3-21-10-14(16(23)24)9-20(5-6-25-2)11-15(21)12-22/h7-8,14-15H,3-6,9-12H2,1-2H3,(H,23,24). The van der Waals surface area contributed by atoms with Crippen LogP contribution in [0.1, 0.15) is 5.56 Å². The first kappa shape index (κ1) is 18.0. The molecule has 2 aliphatic rings. The predicted molar refractivity (Wildman–Crippen MR) is 93.8 cm³/mol. The molecule has 0 aromatic carbocycles. The Morgan fingerprint density at radius 2 is 2.00 bits per heavy atom. The van der Waals surface area contributed by atoms with Gasteiger partial charge < -0.3 is 14.7 Å². The van der Waals surface area contributed by atoms with Crippen molar-refractivity contribution in [3.05, 3.63) is 18.0 Å². The van der Waals surface area contributed by atoms with E-state index >= 15 is 0 Å². The Kier molecular flexibility index (Phi) is 5.82. The van der Waals surface area contributed by atoms with Crippen molar-refractivity contribution in [3.63, 3.8) is 0 Å². The number of carbonyl (C=O) groups is 1. The van der Waals surface area contributed by atoms with Gasteiger partial charge in [0.05, 0.1) is 12.5 Å². The first-order valence-corrected chi connectivity index (χ1v) is 8.78. The van der Waals surface area contributed by atoms with Gasteiger partial charge in [0.15, 0.2) is 0 Å². The van der Waals surface area contributed by atoms with E-state index < -0.39 is 5.97 Å². The predicted octanol–water partition coefficient (Wildman–Crippen LogP) is -0.0616. The quantitative estimate of drug-likeness (QED) is 0.792. The summed E-state index contributed by atoms with van der Waals surface area (Å²) < 4.78 is 5.19. The summed E-state index contributed by atoms with van der Waals surface area (Å²) in [5.41, 5.74) is 1.05. The summed E-state index contributed by atoms with van der Waals surface area (Å²) in [7, 11) is 1.68. The van der Waals surface area contributed by atoms with Crippen LogP contribution < -0.4 is 4.90 Å². The summed E-state index contributed by atoms with van der Waals surface area (Å²) >= 11 is 0. The lowest BCUT2D eigenvalue weighted by Gasteiger charge is -2.41. The average molecular weight is 349 g/mol. The number of carboxylic acids is 1. The van der Waals surface area contributed by atoms with E-state index in [2.05, 4.69) is 24.7 Å². The van der Waals surface area contributed by atoms with Gasteiger partial charge in [-0.1, -0.05) is 0 Å². The van der Waals surface area contributed by atoms with E-state index in [9.17, 15) is 9.90 Å². The lowest BCUT2D eigenvalue weighted by molar-refractivity contribution is -0.142. The van der Waals surface area contributed by atoms with Gasteiger partial charge in [-0.2, -0.15) is 0 Å². The molecule has 0 saturated carbocycles. The Hall–Kier alpha value is -1.77. The highest BCUT2D eigenvalue weighted by Gasteiger charge is 2.36. The van der Waals surface area contributed by atoms with Crippen LogP contribution in [-0.2, 0) is 9.53 Å². The van der Waals surface area contributed by atoms with Gasteiger partial charge in [0, 0.05) is 71.4 Å². The topological polar surface area (TPSA) is 82.0 Å². The molecule has 0 amide bonds. The van der Waals surface area contributed by atoms with Crippen molar-refractivity contribution in [2.24, 2.45) is 5.92 Å². The van der Waals surface area contributed by atoms with Gasteiger partial charge >= 0.3 is 5.97 Å². The van der Waals surface area contributed by atoms with Crippen molar-refractivity contribution in [2.75, 3.05) is 64.4 Å². The van der Waals surface area contributed by atoms with E-state index in [1.807, 2.05) is 19.3 Å². The Morgan fingerprint density at radius 1 is 1.24 bits per heavy atom. The third-order valence-corrected chi connectivity index (χ3v) is 5.02. The fourth-order valence-corrected chi connectivity index (χ4v) is 3.62. The maximum Gasteiger partial charge on any atom is 0.309 e. The molecule has 1 N–H and O–H groups in total. The second-order valence-corrected chi connectivity index (χ2v) is 6.94.